The molecule has 0 saturated carbocycles. The lowest BCUT2D eigenvalue weighted by atomic mass is 10.0. The van der Waals surface area contributed by atoms with Crippen molar-refractivity contribution in [1.82, 2.24) is 10.2 Å². The minimum atomic E-state index is -1.10. The van der Waals surface area contributed by atoms with E-state index in [1.807, 2.05) is 36.4 Å². The minimum Gasteiger partial charge on any atom is -0.480 e. The van der Waals surface area contributed by atoms with E-state index in [9.17, 15) is 14.4 Å². The number of amides is 2. The van der Waals surface area contributed by atoms with Crippen LogP contribution >= 0.6 is 0 Å². The normalized spacial score (nSPS) is 11.5. The molecule has 2 rings (SSSR count). The second-order valence-corrected chi connectivity index (χ2v) is 6.21. The van der Waals surface area contributed by atoms with Gasteiger partial charge in [0.05, 0.1) is 19.1 Å². The number of carbonyl (C=O) groups excluding carboxylic acids is 2. The molecule has 2 N–H and O–H groups in total. The van der Waals surface area contributed by atoms with Gasteiger partial charge in [-0.25, -0.2) is 0 Å². The number of carbonyl (C=O) groups is 3. The SMILES string of the molecule is COCCN(CC(=O)O)C(=O)CC(NC(=O)c1ccccc1)c1ccccc1. The van der Waals surface area contributed by atoms with Crippen molar-refractivity contribution >= 4 is 17.8 Å². The van der Waals surface area contributed by atoms with E-state index in [4.69, 9.17) is 9.84 Å². The predicted octanol–water partition coefficient (Wildman–Crippen LogP) is 2.11. The van der Waals surface area contributed by atoms with E-state index in [2.05, 4.69) is 5.32 Å². The van der Waals surface area contributed by atoms with Crippen molar-refractivity contribution in [2.24, 2.45) is 0 Å². The van der Waals surface area contributed by atoms with Crippen LogP contribution < -0.4 is 5.32 Å². The van der Waals surface area contributed by atoms with Gasteiger partial charge in [0.15, 0.2) is 0 Å². The monoisotopic (exact) mass is 384 g/mol. The van der Waals surface area contributed by atoms with Crippen LogP contribution in [0.5, 0.6) is 0 Å². The zero-order valence-electron chi connectivity index (χ0n) is 15.7. The molecule has 0 spiro atoms. The number of hydrogen-bond donors (Lipinski definition) is 2. The first kappa shape index (κ1) is 21.1. The van der Waals surface area contributed by atoms with E-state index in [1.54, 1.807) is 24.3 Å². The highest BCUT2D eigenvalue weighted by Gasteiger charge is 2.23. The van der Waals surface area contributed by atoms with Gasteiger partial charge in [-0.1, -0.05) is 48.5 Å². The topological polar surface area (TPSA) is 95.9 Å². The molecule has 0 aliphatic carbocycles. The maximum Gasteiger partial charge on any atom is 0.323 e. The van der Waals surface area contributed by atoms with Gasteiger partial charge < -0.3 is 20.1 Å². The summed E-state index contributed by atoms with van der Waals surface area (Å²) in [6.45, 7) is -0.0303. The van der Waals surface area contributed by atoms with Crippen LogP contribution in [-0.2, 0) is 14.3 Å². The average Bonchev–Trinajstić information content (AvgIpc) is 2.71. The third-order valence-electron chi connectivity index (χ3n) is 4.17. The van der Waals surface area contributed by atoms with Crippen molar-refractivity contribution in [2.75, 3.05) is 26.8 Å². The van der Waals surface area contributed by atoms with E-state index >= 15 is 0 Å². The number of rotatable bonds is 10. The third kappa shape index (κ3) is 6.51. The highest BCUT2D eigenvalue weighted by molar-refractivity contribution is 5.94. The van der Waals surface area contributed by atoms with Gasteiger partial charge in [0, 0.05) is 19.2 Å². The summed E-state index contributed by atoms with van der Waals surface area (Å²) < 4.78 is 4.96. The Hall–Kier alpha value is -3.19. The third-order valence-corrected chi connectivity index (χ3v) is 4.17. The summed E-state index contributed by atoms with van der Waals surface area (Å²) >= 11 is 0. The predicted molar refractivity (Wildman–Crippen MR) is 104 cm³/mol. The Balaban J connectivity index is 2.17. The number of ether oxygens (including phenoxy) is 1. The first-order valence-corrected chi connectivity index (χ1v) is 8.90. The molecule has 148 valence electrons. The first-order chi connectivity index (χ1) is 13.5. The molecule has 1 atom stereocenters. The van der Waals surface area contributed by atoms with Gasteiger partial charge in [-0.05, 0) is 17.7 Å². The van der Waals surface area contributed by atoms with Crippen molar-refractivity contribution in [3.63, 3.8) is 0 Å². The molecule has 2 aromatic carbocycles. The molecular formula is C21H24N2O5. The maximum atomic E-state index is 12.7. The fourth-order valence-electron chi connectivity index (χ4n) is 2.73. The van der Waals surface area contributed by atoms with Gasteiger partial charge in [0.2, 0.25) is 5.91 Å². The zero-order chi connectivity index (χ0) is 20.4. The Morgan fingerprint density at radius 2 is 1.64 bits per heavy atom. The van der Waals surface area contributed by atoms with Gasteiger partial charge >= 0.3 is 5.97 Å². The van der Waals surface area contributed by atoms with Gasteiger partial charge in [0.25, 0.3) is 5.91 Å². The first-order valence-electron chi connectivity index (χ1n) is 8.90. The fraction of sp³-hybridized carbons (Fsp3) is 0.286. The maximum absolute atomic E-state index is 12.7. The molecule has 0 saturated heterocycles. The van der Waals surface area contributed by atoms with Crippen LogP contribution in [-0.4, -0.2) is 54.6 Å². The van der Waals surface area contributed by atoms with Gasteiger partial charge in [-0.2, -0.15) is 0 Å². The lowest BCUT2D eigenvalue weighted by Gasteiger charge is -2.24. The Labute approximate surface area is 163 Å². The lowest BCUT2D eigenvalue weighted by Crippen LogP contribution is -2.40. The number of carboxylic acids is 1. The van der Waals surface area contributed by atoms with E-state index < -0.39 is 18.6 Å². The summed E-state index contributed by atoms with van der Waals surface area (Å²) in [7, 11) is 1.48. The number of hydrogen-bond acceptors (Lipinski definition) is 4. The van der Waals surface area contributed by atoms with E-state index in [-0.39, 0.29) is 31.4 Å². The standard InChI is InChI=1S/C21H24N2O5/c1-28-13-12-23(15-20(25)26)19(24)14-18(16-8-4-2-5-9-16)22-21(27)17-10-6-3-7-11-17/h2-11,18H,12-15H2,1H3,(H,22,27)(H,25,26). The molecule has 1 unspecified atom stereocenters. The molecule has 0 aliphatic heterocycles. The number of aliphatic carboxylic acids is 1. The zero-order valence-corrected chi connectivity index (χ0v) is 15.7. The quantitative estimate of drug-likeness (QED) is 0.654. The van der Waals surface area contributed by atoms with Crippen LogP contribution in [0.4, 0.5) is 0 Å². The molecule has 0 aliphatic rings. The van der Waals surface area contributed by atoms with Crippen molar-refractivity contribution in [3.05, 3.63) is 71.8 Å². The summed E-state index contributed by atoms with van der Waals surface area (Å²) in [5, 5.41) is 12.0. The minimum absolute atomic E-state index is 0.0560. The van der Waals surface area contributed by atoms with Gasteiger partial charge in [-0.15, -0.1) is 0 Å². The van der Waals surface area contributed by atoms with Crippen LogP contribution in [0.2, 0.25) is 0 Å². The summed E-state index contributed by atoms with van der Waals surface area (Å²) in [5.41, 5.74) is 1.25. The van der Waals surface area contributed by atoms with Crippen LogP contribution in [0, 0.1) is 0 Å². The van der Waals surface area contributed by atoms with Gasteiger partial charge in [0.1, 0.15) is 6.54 Å². The molecule has 0 fully saturated rings. The Morgan fingerprint density at radius 3 is 2.21 bits per heavy atom. The number of methoxy groups -OCH3 is 1. The van der Waals surface area contributed by atoms with Crippen molar-refractivity contribution in [2.45, 2.75) is 12.5 Å². The van der Waals surface area contributed by atoms with E-state index in [0.29, 0.717) is 5.56 Å². The molecule has 0 bridgehead atoms. The summed E-state index contributed by atoms with van der Waals surface area (Å²) in [6.07, 6.45) is -0.0560. The van der Waals surface area contributed by atoms with Crippen LogP contribution in [0.1, 0.15) is 28.4 Å². The van der Waals surface area contributed by atoms with Crippen molar-refractivity contribution in [3.8, 4) is 0 Å². The smallest absolute Gasteiger partial charge is 0.323 e. The Morgan fingerprint density at radius 1 is 1.04 bits per heavy atom. The van der Waals surface area contributed by atoms with E-state index in [1.165, 1.54) is 12.0 Å². The summed E-state index contributed by atoms with van der Waals surface area (Å²) in [4.78, 5) is 37.6. The largest absolute Gasteiger partial charge is 0.480 e. The Kier molecular flexibility index (Phi) is 8.17. The van der Waals surface area contributed by atoms with Crippen LogP contribution in [0.15, 0.2) is 60.7 Å². The highest BCUT2D eigenvalue weighted by Crippen LogP contribution is 2.19. The molecule has 2 aromatic rings. The average molecular weight is 384 g/mol. The van der Waals surface area contributed by atoms with Gasteiger partial charge in [-0.3, -0.25) is 14.4 Å². The van der Waals surface area contributed by atoms with E-state index in [0.717, 1.165) is 5.56 Å². The highest BCUT2D eigenvalue weighted by atomic mass is 16.5. The summed E-state index contributed by atoms with van der Waals surface area (Å²) in [5.74, 6) is -1.78. The van der Waals surface area contributed by atoms with Crippen LogP contribution in [0.3, 0.4) is 0 Å². The number of benzene rings is 2. The molecular weight excluding hydrogens is 360 g/mol. The second kappa shape index (κ2) is 10.8. The van der Waals surface area contributed by atoms with Crippen molar-refractivity contribution < 1.29 is 24.2 Å². The Bertz CT molecular complexity index is 780. The molecule has 7 heteroatoms. The summed E-state index contributed by atoms with van der Waals surface area (Å²) in [6, 6.07) is 17.3. The molecule has 7 nitrogen and oxygen atoms in total. The second-order valence-electron chi connectivity index (χ2n) is 6.21. The van der Waals surface area contributed by atoms with Crippen LogP contribution in [0.25, 0.3) is 0 Å². The molecule has 2 amide bonds. The lowest BCUT2D eigenvalue weighted by molar-refractivity contribution is -0.145. The number of carboxylic acid groups (broad SMARTS) is 1. The molecule has 28 heavy (non-hydrogen) atoms. The number of nitrogens with one attached hydrogen (secondary N) is 1. The molecule has 0 aromatic heterocycles. The molecule has 0 radical (unpaired) electrons. The number of nitrogens with zero attached hydrogens (tertiary/aromatic N) is 1. The molecule has 0 heterocycles. The fourth-order valence-corrected chi connectivity index (χ4v) is 2.73. The van der Waals surface area contributed by atoms with Crippen molar-refractivity contribution in [1.29, 1.82) is 0 Å².